The smallest absolute Gasteiger partial charge is 0.372 e. The van der Waals surface area contributed by atoms with E-state index < -0.39 is 11.4 Å². The normalized spacial score (nSPS) is 10.4. The van der Waals surface area contributed by atoms with Gasteiger partial charge >= 0.3 is 11.4 Å². The Morgan fingerprint density at radius 2 is 1.75 bits per heavy atom. The Hall–Kier alpha value is -2.10. The maximum atomic E-state index is 11.6. The molecule has 0 N–H and O–H groups in total. The first-order valence-corrected chi connectivity index (χ1v) is 4.87. The number of aromatic nitrogens is 1. The highest BCUT2D eigenvalue weighted by Crippen LogP contribution is 2.17. The van der Waals surface area contributed by atoms with Crippen LogP contribution in [0.1, 0.15) is 5.69 Å². The molecule has 82 valence electrons. The summed E-state index contributed by atoms with van der Waals surface area (Å²) in [5, 5.41) is 0. The zero-order valence-corrected chi connectivity index (χ0v) is 9.06. The maximum absolute atomic E-state index is 11.6. The topological polar surface area (TPSA) is 52.2 Å². The minimum atomic E-state index is -0.637. The fourth-order valence-electron chi connectivity index (χ4n) is 1.58. The lowest BCUT2D eigenvalue weighted by atomic mass is 10.1. The summed E-state index contributed by atoms with van der Waals surface area (Å²) in [6.07, 6.45) is 0. The van der Waals surface area contributed by atoms with Crippen LogP contribution in [0.4, 0.5) is 0 Å². The van der Waals surface area contributed by atoms with Gasteiger partial charge in [0.25, 0.3) is 0 Å². The largest absolute Gasteiger partial charge is 0.421 e. The molecule has 0 saturated carbocycles. The van der Waals surface area contributed by atoms with Crippen molar-refractivity contribution in [2.75, 3.05) is 0 Å². The molecule has 0 fully saturated rings. The zero-order valence-electron chi connectivity index (χ0n) is 9.06. The summed E-state index contributed by atoms with van der Waals surface area (Å²) < 4.78 is 5.95. The summed E-state index contributed by atoms with van der Waals surface area (Å²) >= 11 is 0. The lowest BCUT2D eigenvalue weighted by Crippen LogP contribution is -2.25. The molecule has 1 heterocycles. The average molecular weight is 217 g/mol. The van der Waals surface area contributed by atoms with Gasteiger partial charge in [-0.3, -0.25) is 4.57 Å². The van der Waals surface area contributed by atoms with Crippen molar-refractivity contribution in [1.82, 2.24) is 4.57 Å². The molecule has 4 heteroatoms. The van der Waals surface area contributed by atoms with Crippen molar-refractivity contribution in [3.8, 4) is 11.1 Å². The van der Waals surface area contributed by atoms with Crippen LogP contribution in [-0.4, -0.2) is 4.57 Å². The van der Waals surface area contributed by atoms with Crippen molar-refractivity contribution < 1.29 is 4.42 Å². The summed E-state index contributed by atoms with van der Waals surface area (Å²) in [6.45, 7) is 1.72. The monoisotopic (exact) mass is 217 g/mol. The average Bonchev–Trinajstić information content (AvgIpc) is 2.28. The van der Waals surface area contributed by atoms with E-state index in [9.17, 15) is 9.59 Å². The molecule has 16 heavy (non-hydrogen) atoms. The molecule has 2 aromatic rings. The summed E-state index contributed by atoms with van der Waals surface area (Å²) in [4.78, 5) is 22.9. The molecule has 1 aromatic heterocycles. The maximum Gasteiger partial charge on any atom is 0.421 e. The van der Waals surface area contributed by atoms with Crippen LogP contribution in [0.25, 0.3) is 11.1 Å². The van der Waals surface area contributed by atoms with Gasteiger partial charge in [-0.05, 0) is 12.5 Å². The van der Waals surface area contributed by atoms with E-state index in [0.717, 1.165) is 5.56 Å². The van der Waals surface area contributed by atoms with Gasteiger partial charge in [-0.15, -0.1) is 0 Å². The van der Waals surface area contributed by atoms with Gasteiger partial charge in [0, 0.05) is 12.7 Å². The minimum absolute atomic E-state index is 0.433. The first-order chi connectivity index (χ1) is 7.61. The van der Waals surface area contributed by atoms with Crippen molar-refractivity contribution in [2.45, 2.75) is 6.92 Å². The van der Waals surface area contributed by atoms with E-state index in [1.165, 1.54) is 4.57 Å². The van der Waals surface area contributed by atoms with Crippen LogP contribution in [0.2, 0.25) is 0 Å². The van der Waals surface area contributed by atoms with E-state index >= 15 is 0 Å². The highest BCUT2D eigenvalue weighted by molar-refractivity contribution is 5.63. The lowest BCUT2D eigenvalue weighted by Gasteiger charge is -2.07. The van der Waals surface area contributed by atoms with E-state index in [-0.39, 0.29) is 0 Å². The molecule has 0 aliphatic carbocycles. The molecule has 0 aliphatic rings. The predicted octanol–water partition coefficient (Wildman–Crippen LogP) is 1.31. The van der Waals surface area contributed by atoms with Crippen molar-refractivity contribution in [3.63, 3.8) is 0 Å². The molecule has 0 bridgehead atoms. The van der Waals surface area contributed by atoms with Crippen LogP contribution in [0.3, 0.4) is 0 Å². The van der Waals surface area contributed by atoms with Crippen LogP contribution in [0.15, 0.2) is 44.3 Å². The fourth-order valence-corrected chi connectivity index (χ4v) is 1.58. The predicted molar refractivity (Wildman–Crippen MR) is 60.4 cm³/mol. The summed E-state index contributed by atoms with van der Waals surface area (Å²) in [7, 11) is 1.58. The van der Waals surface area contributed by atoms with Crippen LogP contribution >= 0.6 is 0 Å². The third-order valence-corrected chi connectivity index (χ3v) is 2.59. The van der Waals surface area contributed by atoms with Crippen molar-refractivity contribution in [1.29, 1.82) is 0 Å². The standard InChI is InChI=1S/C12H11NO3/c1-8-10(9-6-4-3-5-7-9)11(14)16-12(15)13(8)2/h3-7H,1-2H3. The Kier molecular flexibility index (Phi) is 2.48. The molecule has 4 nitrogen and oxygen atoms in total. The van der Waals surface area contributed by atoms with Crippen LogP contribution < -0.4 is 11.4 Å². The molecule has 2 rings (SSSR count). The van der Waals surface area contributed by atoms with Crippen molar-refractivity contribution in [2.24, 2.45) is 7.05 Å². The number of rotatable bonds is 1. The second kappa shape index (κ2) is 3.81. The molecule has 0 atom stereocenters. The molecule has 1 aromatic carbocycles. The van der Waals surface area contributed by atoms with E-state index in [2.05, 4.69) is 4.42 Å². The number of hydrogen-bond donors (Lipinski definition) is 0. The second-order valence-electron chi connectivity index (χ2n) is 3.54. The van der Waals surface area contributed by atoms with Gasteiger partial charge < -0.3 is 4.42 Å². The molecule has 0 amide bonds. The second-order valence-corrected chi connectivity index (χ2v) is 3.54. The van der Waals surface area contributed by atoms with E-state index in [4.69, 9.17) is 0 Å². The van der Waals surface area contributed by atoms with Gasteiger partial charge in [0.1, 0.15) is 0 Å². The highest BCUT2D eigenvalue weighted by Gasteiger charge is 2.12. The molecule has 0 spiro atoms. The first kappa shape index (κ1) is 10.4. The van der Waals surface area contributed by atoms with Crippen LogP contribution in [0.5, 0.6) is 0 Å². The fraction of sp³-hybridized carbons (Fsp3) is 0.167. The first-order valence-electron chi connectivity index (χ1n) is 4.87. The molecule has 0 radical (unpaired) electrons. The van der Waals surface area contributed by atoms with Crippen LogP contribution in [0, 0.1) is 6.92 Å². The van der Waals surface area contributed by atoms with Gasteiger partial charge in [0.15, 0.2) is 0 Å². The van der Waals surface area contributed by atoms with Crippen molar-refractivity contribution in [3.05, 3.63) is 57.0 Å². The highest BCUT2D eigenvalue weighted by atomic mass is 16.4. The Bertz CT molecular complexity index is 623. The van der Waals surface area contributed by atoms with Crippen LogP contribution in [-0.2, 0) is 7.05 Å². The Morgan fingerprint density at radius 3 is 2.38 bits per heavy atom. The number of hydrogen-bond acceptors (Lipinski definition) is 3. The van der Waals surface area contributed by atoms with Gasteiger partial charge in [0.05, 0.1) is 5.56 Å². The van der Waals surface area contributed by atoms with Crippen molar-refractivity contribution >= 4 is 0 Å². The minimum Gasteiger partial charge on any atom is -0.372 e. The summed E-state index contributed by atoms with van der Waals surface area (Å²) in [6, 6.07) is 9.15. The van der Waals surface area contributed by atoms with E-state index in [1.54, 1.807) is 14.0 Å². The third kappa shape index (κ3) is 1.58. The third-order valence-electron chi connectivity index (χ3n) is 2.59. The zero-order chi connectivity index (χ0) is 11.7. The van der Waals surface area contributed by atoms with E-state index in [0.29, 0.717) is 11.3 Å². The Labute approximate surface area is 91.8 Å². The summed E-state index contributed by atoms with van der Waals surface area (Å²) in [5.74, 6) is -0.637. The molecule has 0 saturated heterocycles. The quantitative estimate of drug-likeness (QED) is 0.723. The molecular formula is C12H11NO3. The van der Waals surface area contributed by atoms with Gasteiger partial charge in [-0.2, -0.15) is 0 Å². The molecule has 0 unspecified atom stereocenters. The Balaban J connectivity index is 2.82. The molecular weight excluding hydrogens is 206 g/mol. The van der Waals surface area contributed by atoms with Gasteiger partial charge in [-0.25, -0.2) is 9.59 Å². The van der Waals surface area contributed by atoms with Gasteiger partial charge in [-0.1, -0.05) is 30.3 Å². The van der Waals surface area contributed by atoms with Gasteiger partial charge in [0.2, 0.25) is 0 Å². The Morgan fingerprint density at radius 1 is 1.12 bits per heavy atom. The number of benzene rings is 1. The molecule has 0 aliphatic heterocycles. The van der Waals surface area contributed by atoms with E-state index in [1.807, 2.05) is 30.3 Å². The lowest BCUT2D eigenvalue weighted by molar-refractivity contribution is 0.417. The summed E-state index contributed by atoms with van der Waals surface area (Å²) in [5.41, 5.74) is 1.20. The number of nitrogens with zero attached hydrogens (tertiary/aromatic N) is 1. The SMILES string of the molecule is Cc1c(-c2ccccc2)c(=O)oc(=O)n1C.